The molecule has 0 aromatic heterocycles. The lowest BCUT2D eigenvalue weighted by atomic mass is 10.1. The standard InChI is InChI=1S/C19H22N2O4/c1-14-6-5-9-16(10-14)11-20-18(23)17(12-22)21-19(24)25-13-15-7-3-2-4-8-15/h2-10,17,22H,11-13H2,1H3,(H,20,23)(H,21,24)/t17-/m1/s1. The zero-order chi connectivity index (χ0) is 18.1. The van der Waals surface area contributed by atoms with Gasteiger partial charge in [-0.1, -0.05) is 60.2 Å². The second-order valence-electron chi connectivity index (χ2n) is 5.65. The van der Waals surface area contributed by atoms with Crippen LogP contribution in [0.4, 0.5) is 4.79 Å². The lowest BCUT2D eigenvalue weighted by Gasteiger charge is -2.16. The molecule has 2 amide bonds. The van der Waals surface area contributed by atoms with Crippen LogP contribution in [-0.4, -0.2) is 29.8 Å². The number of nitrogens with one attached hydrogen (secondary N) is 2. The van der Waals surface area contributed by atoms with Gasteiger partial charge in [0.2, 0.25) is 5.91 Å². The number of hydrogen-bond donors (Lipinski definition) is 3. The predicted molar refractivity (Wildman–Crippen MR) is 93.7 cm³/mol. The van der Waals surface area contributed by atoms with Gasteiger partial charge in [-0.3, -0.25) is 4.79 Å². The summed E-state index contributed by atoms with van der Waals surface area (Å²) in [6.07, 6.45) is -0.756. The van der Waals surface area contributed by atoms with Crippen molar-refractivity contribution in [2.75, 3.05) is 6.61 Å². The van der Waals surface area contributed by atoms with E-state index in [1.54, 1.807) is 0 Å². The third kappa shape index (κ3) is 6.27. The second-order valence-corrected chi connectivity index (χ2v) is 5.65. The second kappa shape index (κ2) is 9.44. The topological polar surface area (TPSA) is 87.7 Å². The van der Waals surface area contributed by atoms with E-state index in [0.717, 1.165) is 16.7 Å². The van der Waals surface area contributed by atoms with E-state index < -0.39 is 24.6 Å². The Labute approximate surface area is 146 Å². The van der Waals surface area contributed by atoms with Gasteiger partial charge < -0.3 is 20.5 Å². The van der Waals surface area contributed by atoms with Crippen molar-refractivity contribution in [1.29, 1.82) is 0 Å². The first kappa shape index (κ1) is 18.5. The highest BCUT2D eigenvalue weighted by Crippen LogP contribution is 2.04. The molecule has 0 unspecified atom stereocenters. The van der Waals surface area contributed by atoms with Crippen molar-refractivity contribution >= 4 is 12.0 Å². The molecular weight excluding hydrogens is 320 g/mol. The van der Waals surface area contributed by atoms with Crippen LogP contribution in [0.5, 0.6) is 0 Å². The van der Waals surface area contributed by atoms with Gasteiger partial charge in [-0.15, -0.1) is 0 Å². The Balaban J connectivity index is 1.79. The summed E-state index contributed by atoms with van der Waals surface area (Å²) < 4.78 is 5.05. The molecule has 6 heteroatoms. The normalized spacial score (nSPS) is 11.4. The number of alkyl carbamates (subject to hydrolysis) is 1. The van der Waals surface area contributed by atoms with Gasteiger partial charge in [-0.25, -0.2) is 4.79 Å². The summed E-state index contributed by atoms with van der Waals surface area (Å²) in [6, 6.07) is 15.8. The third-order valence-corrected chi connectivity index (χ3v) is 3.55. The number of carbonyl (C=O) groups excluding carboxylic acids is 2. The molecular formula is C19H22N2O4. The van der Waals surface area contributed by atoms with Gasteiger partial charge in [0.25, 0.3) is 0 Å². The van der Waals surface area contributed by atoms with Crippen LogP contribution in [-0.2, 0) is 22.7 Å². The number of amides is 2. The van der Waals surface area contributed by atoms with Crippen molar-refractivity contribution in [2.45, 2.75) is 26.1 Å². The van der Waals surface area contributed by atoms with Crippen molar-refractivity contribution < 1.29 is 19.4 Å². The summed E-state index contributed by atoms with van der Waals surface area (Å²) >= 11 is 0. The van der Waals surface area contributed by atoms with E-state index in [2.05, 4.69) is 10.6 Å². The summed E-state index contributed by atoms with van der Waals surface area (Å²) in [5, 5.41) is 14.4. The van der Waals surface area contributed by atoms with Crippen molar-refractivity contribution in [3.05, 3.63) is 71.3 Å². The smallest absolute Gasteiger partial charge is 0.408 e. The molecule has 0 aliphatic heterocycles. The Morgan fingerprint density at radius 2 is 1.80 bits per heavy atom. The predicted octanol–water partition coefficient (Wildman–Crippen LogP) is 1.90. The van der Waals surface area contributed by atoms with Gasteiger partial charge in [0.15, 0.2) is 0 Å². The van der Waals surface area contributed by atoms with Crippen molar-refractivity contribution in [2.24, 2.45) is 0 Å². The van der Waals surface area contributed by atoms with E-state index >= 15 is 0 Å². The maximum absolute atomic E-state index is 12.1. The molecule has 0 radical (unpaired) electrons. The molecule has 3 N–H and O–H groups in total. The molecule has 6 nitrogen and oxygen atoms in total. The Morgan fingerprint density at radius 1 is 1.08 bits per heavy atom. The Kier molecular flexibility index (Phi) is 6.98. The molecule has 0 aliphatic rings. The molecule has 2 aromatic carbocycles. The van der Waals surface area contributed by atoms with Gasteiger partial charge in [-0.2, -0.15) is 0 Å². The van der Waals surface area contributed by atoms with E-state index in [9.17, 15) is 14.7 Å². The summed E-state index contributed by atoms with van der Waals surface area (Å²) in [5.74, 6) is -0.472. The van der Waals surface area contributed by atoms with E-state index in [0.29, 0.717) is 6.54 Å². The van der Waals surface area contributed by atoms with Gasteiger partial charge in [0.1, 0.15) is 12.6 Å². The first-order valence-corrected chi connectivity index (χ1v) is 8.00. The molecule has 0 saturated carbocycles. The summed E-state index contributed by atoms with van der Waals surface area (Å²) in [4.78, 5) is 23.9. The minimum atomic E-state index is -1.06. The first-order valence-electron chi connectivity index (χ1n) is 8.00. The minimum Gasteiger partial charge on any atom is -0.445 e. The molecule has 2 rings (SSSR count). The fourth-order valence-corrected chi connectivity index (χ4v) is 2.24. The summed E-state index contributed by atoms with van der Waals surface area (Å²) in [6.45, 7) is 1.86. The van der Waals surface area contributed by atoms with Crippen molar-refractivity contribution in [3.63, 3.8) is 0 Å². The van der Waals surface area contributed by atoms with Crippen molar-refractivity contribution in [3.8, 4) is 0 Å². The van der Waals surface area contributed by atoms with E-state index in [-0.39, 0.29) is 6.61 Å². The average molecular weight is 342 g/mol. The van der Waals surface area contributed by atoms with Crippen LogP contribution in [0.2, 0.25) is 0 Å². The number of ether oxygens (including phenoxy) is 1. The minimum absolute atomic E-state index is 0.0930. The van der Waals surface area contributed by atoms with E-state index in [1.807, 2.05) is 61.5 Å². The maximum atomic E-state index is 12.1. The molecule has 0 fully saturated rings. The highest BCUT2D eigenvalue weighted by Gasteiger charge is 2.20. The van der Waals surface area contributed by atoms with Crippen LogP contribution in [0.1, 0.15) is 16.7 Å². The lowest BCUT2D eigenvalue weighted by Crippen LogP contribution is -2.48. The van der Waals surface area contributed by atoms with Gasteiger partial charge in [-0.05, 0) is 18.1 Å². The van der Waals surface area contributed by atoms with Crippen LogP contribution in [0.25, 0.3) is 0 Å². The molecule has 1 atom stereocenters. The highest BCUT2D eigenvalue weighted by atomic mass is 16.5. The quantitative estimate of drug-likeness (QED) is 0.717. The van der Waals surface area contributed by atoms with Crippen LogP contribution < -0.4 is 10.6 Å². The Hall–Kier alpha value is -2.86. The molecule has 2 aromatic rings. The molecule has 0 aliphatic carbocycles. The average Bonchev–Trinajstić information content (AvgIpc) is 2.63. The zero-order valence-corrected chi connectivity index (χ0v) is 14.1. The summed E-state index contributed by atoms with van der Waals surface area (Å²) in [5.41, 5.74) is 2.87. The molecule has 132 valence electrons. The van der Waals surface area contributed by atoms with Crippen LogP contribution in [0.15, 0.2) is 54.6 Å². The van der Waals surface area contributed by atoms with Crippen LogP contribution >= 0.6 is 0 Å². The fourth-order valence-electron chi connectivity index (χ4n) is 2.24. The molecule has 0 bridgehead atoms. The fraction of sp³-hybridized carbons (Fsp3) is 0.263. The number of aryl methyl sites for hydroxylation is 1. The Bertz CT molecular complexity index is 704. The number of benzene rings is 2. The molecule has 25 heavy (non-hydrogen) atoms. The van der Waals surface area contributed by atoms with Gasteiger partial charge in [0.05, 0.1) is 6.61 Å². The van der Waals surface area contributed by atoms with Crippen molar-refractivity contribution in [1.82, 2.24) is 10.6 Å². The largest absolute Gasteiger partial charge is 0.445 e. The van der Waals surface area contributed by atoms with Gasteiger partial charge in [0, 0.05) is 6.54 Å². The number of aliphatic hydroxyl groups excluding tert-OH is 1. The molecule has 0 heterocycles. The SMILES string of the molecule is Cc1cccc(CNC(=O)[C@@H](CO)NC(=O)OCc2ccccc2)c1. The van der Waals surface area contributed by atoms with Crippen LogP contribution in [0.3, 0.4) is 0 Å². The van der Waals surface area contributed by atoms with Crippen LogP contribution in [0, 0.1) is 6.92 Å². The monoisotopic (exact) mass is 342 g/mol. The number of hydrogen-bond acceptors (Lipinski definition) is 4. The molecule has 0 spiro atoms. The number of carbonyl (C=O) groups is 2. The molecule has 0 saturated heterocycles. The number of rotatable bonds is 7. The van der Waals surface area contributed by atoms with E-state index in [1.165, 1.54) is 0 Å². The zero-order valence-electron chi connectivity index (χ0n) is 14.1. The number of aliphatic hydroxyl groups is 1. The highest BCUT2D eigenvalue weighted by molar-refractivity contribution is 5.85. The third-order valence-electron chi connectivity index (χ3n) is 3.55. The van der Waals surface area contributed by atoms with E-state index in [4.69, 9.17) is 4.74 Å². The summed E-state index contributed by atoms with van der Waals surface area (Å²) in [7, 11) is 0. The maximum Gasteiger partial charge on any atom is 0.408 e. The first-order chi connectivity index (χ1) is 12.1. The Morgan fingerprint density at radius 3 is 2.48 bits per heavy atom. The van der Waals surface area contributed by atoms with Gasteiger partial charge >= 0.3 is 6.09 Å². The lowest BCUT2D eigenvalue weighted by molar-refractivity contribution is -0.124.